The fraction of sp³-hybridized carbons (Fsp3) is 0.533. The van der Waals surface area contributed by atoms with E-state index >= 15 is 0 Å². The lowest BCUT2D eigenvalue weighted by molar-refractivity contribution is -0.133. The maximum atomic E-state index is 13.6. The van der Waals surface area contributed by atoms with Gasteiger partial charge in [-0.2, -0.15) is 0 Å². The summed E-state index contributed by atoms with van der Waals surface area (Å²) in [4.78, 5) is 13.9. The van der Waals surface area contributed by atoms with Gasteiger partial charge in [-0.15, -0.1) is 0 Å². The number of halogens is 2. The molecular formula is C15H19F2NO2. The van der Waals surface area contributed by atoms with Crippen molar-refractivity contribution in [2.75, 3.05) is 13.2 Å². The molecule has 0 atom stereocenters. The second-order valence-electron chi connectivity index (χ2n) is 5.14. The number of carbonyl (C=O) groups excluding carboxylic acids is 1. The van der Waals surface area contributed by atoms with E-state index in [1.54, 1.807) is 4.90 Å². The van der Waals surface area contributed by atoms with Gasteiger partial charge in [-0.25, -0.2) is 8.78 Å². The topological polar surface area (TPSA) is 40.5 Å². The third-order valence-electron chi connectivity index (χ3n) is 3.80. The van der Waals surface area contributed by atoms with E-state index in [4.69, 9.17) is 5.11 Å². The van der Waals surface area contributed by atoms with Crippen LogP contribution in [0.2, 0.25) is 0 Å². The molecule has 1 fully saturated rings. The van der Waals surface area contributed by atoms with Crippen molar-refractivity contribution in [2.24, 2.45) is 0 Å². The molecule has 0 aliphatic heterocycles. The average molecular weight is 283 g/mol. The second-order valence-corrected chi connectivity index (χ2v) is 5.14. The van der Waals surface area contributed by atoms with Crippen molar-refractivity contribution in [3.05, 3.63) is 35.4 Å². The summed E-state index contributed by atoms with van der Waals surface area (Å²) in [7, 11) is 0. The number of rotatable bonds is 5. The zero-order valence-electron chi connectivity index (χ0n) is 11.3. The van der Waals surface area contributed by atoms with Crippen LogP contribution >= 0.6 is 0 Å². The molecule has 1 aromatic carbocycles. The van der Waals surface area contributed by atoms with E-state index in [9.17, 15) is 13.6 Å². The highest BCUT2D eigenvalue weighted by molar-refractivity contribution is 5.79. The SMILES string of the molecule is O=C(Cc1cccc(F)c1F)N(CCO)C1CCCC1. The first-order chi connectivity index (χ1) is 9.63. The Kier molecular flexibility index (Phi) is 5.06. The zero-order valence-corrected chi connectivity index (χ0v) is 11.3. The van der Waals surface area contributed by atoms with E-state index in [1.807, 2.05) is 0 Å². The standard InChI is InChI=1S/C15H19F2NO2/c16-13-7-3-4-11(15(13)17)10-14(20)18(8-9-19)12-5-1-2-6-12/h3-4,7,12,19H,1-2,5-6,8-10H2. The molecule has 0 bridgehead atoms. The maximum absolute atomic E-state index is 13.6. The van der Waals surface area contributed by atoms with Gasteiger partial charge in [-0.05, 0) is 18.9 Å². The van der Waals surface area contributed by atoms with Crippen molar-refractivity contribution in [3.63, 3.8) is 0 Å². The van der Waals surface area contributed by atoms with Gasteiger partial charge in [0.2, 0.25) is 5.91 Å². The minimum absolute atomic E-state index is 0.0657. The van der Waals surface area contributed by atoms with Crippen LogP contribution in [-0.2, 0) is 11.2 Å². The minimum Gasteiger partial charge on any atom is -0.395 e. The van der Waals surface area contributed by atoms with Crippen LogP contribution in [0.4, 0.5) is 8.78 Å². The Labute approximate surface area is 117 Å². The van der Waals surface area contributed by atoms with Crippen molar-refractivity contribution in [1.82, 2.24) is 4.90 Å². The lowest BCUT2D eigenvalue weighted by atomic mass is 10.1. The molecule has 1 saturated carbocycles. The third-order valence-corrected chi connectivity index (χ3v) is 3.80. The van der Waals surface area contributed by atoms with Crippen molar-refractivity contribution in [2.45, 2.75) is 38.1 Å². The number of nitrogens with zero attached hydrogens (tertiary/aromatic N) is 1. The smallest absolute Gasteiger partial charge is 0.227 e. The van der Waals surface area contributed by atoms with E-state index in [1.165, 1.54) is 12.1 Å². The second kappa shape index (κ2) is 6.79. The Morgan fingerprint density at radius 2 is 2.00 bits per heavy atom. The first-order valence-corrected chi connectivity index (χ1v) is 6.96. The summed E-state index contributed by atoms with van der Waals surface area (Å²) in [6.07, 6.45) is 3.79. The molecule has 0 unspecified atom stereocenters. The monoisotopic (exact) mass is 283 g/mol. The van der Waals surface area contributed by atoms with Gasteiger partial charge in [0.25, 0.3) is 0 Å². The highest BCUT2D eigenvalue weighted by Crippen LogP contribution is 2.24. The van der Waals surface area contributed by atoms with Gasteiger partial charge >= 0.3 is 0 Å². The molecule has 0 saturated heterocycles. The molecule has 1 amide bonds. The molecule has 1 aliphatic carbocycles. The molecule has 1 N–H and O–H groups in total. The highest BCUT2D eigenvalue weighted by Gasteiger charge is 2.26. The highest BCUT2D eigenvalue weighted by atomic mass is 19.2. The largest absolute Gasteiger partial charge is 0.395 e. The summed E-state index contributed by atoms with van der Waals surface area (Å²) in [5.74, 6) is -2.16. The molecule has 3 nitrogen and oxygen atoms in total. The normalized spacial score (nSPS) is 15.6. The predicted octanol–water partition coefficient (Wildman–Crippen LogP) is 2.27. The molecule has 0 heterocycles. The Morgan fingerprint density at radius 3 is 2.65 bits per heavy atom. The van der Waals surface area contributed by atoms with Gasteiger partial charge in [0.05, 0.1) is 13.0 Å². The van der Waals surface area contributed by atoms with Crippen LogP contribution in [0.25, 0.3) is 0 Å². The first-order valence-electron chi connectivity index (χ1n) is 6.96. The van der Waals surface area contributed by atoms with E-state index in [2.05, 4.69) is 0 Å². The van der Waals surface area contributed by atoms with E-state index < -0.39 is 11.6 Å². The van der Waals surface area contributed by atoms with E-state index in [0.29, 0.717) is 0 Å². The Bertz CT molecular complexity index is 473. The predicted molar refractivity (Wildman–Crippen MR) is 71.1 cm³/mol. The van der Waals surface area contributed by atoms with Crippen LogP contribution < -0.4 is 0 Å². The Morgan fingerprint density at radius 1 is 1.30 bits per heavy atom. The Balaban J connectivity index is 2.09. The summed E-state index contributed by atoms with van der Waals surface area (Å²) < 4.78 is 26.7. The van der Waals surface area contributed by atoms with Crippen molar-refractivity contribution in [1.29, 1.82) is 0 Å². The molecule has 0 radical (unpaired) electrons. The summed E-state index contributed by atoms with van der Waals surface area (Å²) in [6, 6.07) is 3.96. The first kappa shape index (κ1) is 14.9. The molecule has 20 heavy (non-hydrogen) atoms. The number of carbonyl (C=O) groups is 1. The molecule has 2 rings (SSSR count). The number of aliphatic hydroxyl groups excluding tert-OH is 1. The van der Waals surface area contributed by atoms with Crippen molar-refractivity contribution >= 4 is 5.91 Å². The fourth-order valence-electron chi connectivity index (χ4n) is 2.78. The van der Waals surface area contributed by atoms with Crippen LogP contribution in [0, 0.1) is 11.6 Å². The summed E-state index contributed by atoms with van der Waals surface area (Å²) in [6.45, 7) is 0.133. The van der Waals surface area contributed by atoms with Crippen LogP contribution in [0.3, 0.4) is 0 Å². The van der Waals surface area contributed by atoms with E-state index in [-0.39, 0.29) is 37.1 Å². The molecule has 0 aromatic heterocycles. The van der Waals surface area contributed by atoms with Gasteiger partial charge in [0.15, 0.2) is 11.6 Å². The quantitative estimate of drug-likeness (QED) is 0.900. The molecule has 1 aromatic rings. The maximum Gasteiger partial charge on any atom is 0.227 e. The lowest BCUT2D eigenvalue weighted by Crippen LogP contribution is -2.41. The zero-order chi connectivity index (χ0) is 14.5. The van der Waals surface area contributed by atoms with E-state index in [0.717, 1.165) is 31.7 Å². The molecule has 5 heteroatoms. The average Bonchev–Trinajstić information content (AvgIpc) is 2.95. The van der Waals surface area contributed by atoms with Gasteiger partial charge in [-0.1, -0.05) is 25.0 Å². The third kappa shape index (κ3) is 3.33. The minimum atomic E-state index is -0.962. The van der Waals surface area contributed by atoms with Gasteiger partial charge in [0.1, 0.15) is 0 Å². The van der Waals surface area contributed by atoms with Gasteiger partial charge in [0, 0.05) is 18.2 Å². The van der Waals surface area contributed by atoms with Crippen molar-refractivity contribution in [3.8, 4) is 0 Å². The van der Waals surface area contributed by atoms with Crippen molar-refractivity contribution < 1.29 is 18.7 Å². The Hall–Kier alpha value is -1.49. The molecule has 1 aliphatic rings. The van der Waals surface area contributed by atoms with Gasteiger partial charge < -0.3 is 10.0 Å². The summed E-state index contributed by atoms with van der Waals surface area (Å²) in [5, 5.41) is 9.08. The molecular weight excluding hydrogens is 264 g/mol. The van der Waals surface area contributed by atoms with Crippen LogP contribution in [0.15, 0.2) is 18.2 Å². The molecule has 0 spiro atoms. The molecule has 110 valence electrons. The summed E-state index contributed by atoms with van der Waals surface area (Å²) >= 11 is 0. The number of hydrogen-bond donors (Lipinski definition) is 1. The lowest BCUT2D eigenvalue weighted by Gasteiger charge is -2.28. The fourth-order valence-corrected chi connectivity index (χ4v) is 2.78. The van der Waals surface area contributed by atoms with Crippen LogP contribution in [0.5, 0.6) is 0 Å². The number of aliphatic hydroxyl groups is 1. The van der Waals surface area contributed by atoms with Crippen LogP contribution in [-0.4, -0.2) is 35.1 Å². The van der Waals surface area contributed by atoms with Crippen LogP contribution in [0.1, 0.15) is 31.2 Å². The van der Waals surface area contributed by atoms with Gasteiger partial charge in [-0.3, -0.25) is 4.79 Å². The number of amides is 1. The number of benzene rings is 1. The summed E-state index contributed by atoms with van der Waals surface area (Å²) in [5.41, 5.74) is 0.0657. The number of hydrogen-bond acceptors (Lipinski definition) is 2.